The van der Waals surface area contributed by atoms with Gasteiger partial charge in [-0.1, -0.05) is 6.07 Å². The molecule has 80 valence electrons. The summed E-state index contributed by atoms with van der Waals surface area (Å²) in [5, 5.41) is 8.75. The van der Waals surface area contributed by atoms with Gasteiger partial charge in [-0.3, -0.25) is 10.0 Å². The van der Waals surface area contributed by atoms with Gasteiger partial charge in [-0.25, -0.2) is 5.48 Å². The van der Waals surface area contributed by atoms with Crippen LogP contribution in [0.3, 0.4) is 0 Å². The van der Waals surface area contributed by atoms with Crippen LogP contribution >= 0.6 is 12.6 Å². The minimum Gasteiger partial charge on any atom is -0.288 e. The van der Waals surface area contributed by atoms with Crippen molar-refractivity contribution in [3.05, 3.63) is 34.9 Å². The topological polar surface area (TPSA) is 49.3 Å². The number of carbonyl (C=O) groups is 1. The van der Waals surface area contributed by atoms with E-state index in [0.717, 1.165) is 24.8 Å². The van der Waals surface area contributed by atoms with Crippen LogP contribution in [0.5, 0.6) is 0 Å². The lowest BCUT2D eigenvalue weighted by Gasteiger charge is -2.21. The number of fused-ring (bicyclic) bond motifs is 1. The summed E-state index contributed by atoms with van der Waals surface area (Å²) in [6.07, 6.45) is 3.24. The molecule has 1 aliphatic carbocycles. The lowest BCUT2D eigenvalue weighted by Crippen LogP contribution is -2.19. The van der Waals surface area contributed by atoms with E-state index in [9.17, 15) is 4.79 Å². The third-order valence-electron chi connectivity index (χ3n) is 2.79. The van der Waals surface area contributed by atoms with Crippen molar-refractivity contribution in [2.75, 3.05) is 0 Å². The molecule has 1 aliphatic rings. The van der Waals surface area contributed by atoms with Crippen molar-refractivity contribution < 1.29 is 10.0 Å². The number of rotatable bonds is 1. The molecule has 15 heavy (non-hydrogen) atoms. The molecule has 3 nitrogen and oxygen atoms in total. The highest BCUT2D eigenvalue weighted by atomic mass is 32.1. The van der Waals surface area contributed by atoms with Gasteiger partial charge in [0.1, 0.15) is 0 Å². The van der Waals surface area contributed by atoms with Crippen LogP contribution in [-0.4, -0.2) is 11.1 Å². The van der Waals surface area contributed by atoms with Crippen molar-refractivity contribution in [1.29, 1.82) is 0 Å². The van der Waals surface area contributed by atoms with Gasteiger partial charge in [0.25, 0.3) is 5.91 Å². The van der Waals surface area contributed by atoms with Crippen molar-refractivity contribution in [2.24, 2.45) is 0 Å². The lowest BCUT2D eigenvalue weighted by molar-refractivity contribution is 0.0706. The number of aryl methyl sites for hydroxylation is 1. The van der Waals surface area contributed by atoms with Crippen LogP contribution in [0.2, 0.25) is 0 Å². The fraction of sp³-hybridized carbons (Fsp3) is 0.364. The highest BCUT2D eigenvalue weighted by Crippen LogP contribution is 2.34. The number of hydrogen-bond acceptors (Lipinski definition) is 3. The smallest absolute Gasteiger partial charge is 0.274 e. The number of hydroxylamine groups is 1. The highest BCUT2D eigenvalue weighted by Gasteiger charge is 2.18. The first kappa shape index (κ1) is 10.5. The molecule has 0 spiro atoms. The Morgan fingerprint density at radius 2 is 2.33 bits per heavy atom. The summed E-state index contributed by atoms with van der Waals surface area (Å²) in [5.41, 5.74) is 4.50. The van der Waals surface area contributed by atoms with Crippen LogP contribution < -0.4 is 5.48 Å². The maximum atomic E-state index is 11.2. The Kier molecular flexibility index (Phi) is 2.98. The molecule has 1 amide bonds. The molecule has 4 heteroatoms. The Bertz CT molecular complexity index is 392. The molecule has 0 saturated carbocycles. The zero-order chi connectivity index (χ0) is 10.8. The molecule has 1 atom stereocenters. The summed E-state index contributed by atoms with van der Waals surface area (Å²) in [7, 11) is 0. The zero-order valence-electron chi connectivity index (χ0n) is 8.23. The second-order valence-electron chi connectivity index (χ2n) is 3.76. The van der Waals surface area contributed by atoms with Crippen molar-refractivity contribution in [3.63, 3.8) is 0 Å². The summed E-state index contributed by atoms with van der Waals surface area (Å²) in [4.78, 5) is 11.2. The van der Waals surface area contributed by atoms with Gasteiger partial charge in [0, 0.05) is 10.8 Å². The molecule has 0 heterocycles. The summed E-state index contributed by atoms with van der Waals surface area (Å²) in [6, 6.07) is 5.50. The van der Waals surface area contributed by atoms with Gasteiger partial charge in [-0.2, -0.15) is 12.6 Å². The van der Waals surface area contributed by atoms with Gasteiger partial charge >= 0.3 is 0 Å². The van der Waals surface area contributed by atoms with Crippen LogP contribution in [0, 0.1) is 0 Å². The normalized spacial score (nSPS) is 19.5. The fourth-order valence-corrected chi connectivity index (χ4v) is 2.40. The predicted octanol–water partition coefficient (Wildman–Crippen LogP) is 2.11. The van der Waals surface area contributed by atoms with Gasteiger partial charge in [-0.05, 0) is 42.5 Å². The number of amides is 1. The first-order chi connectivity index (χ1) is 7.22. The van der Waals surface area contributed by atoms with Crippen molar-refractivity contribution in [2.45, 2.75) is 24.5 Å². The van der Waals surface area contributed by atoms with Crippen LogP contribution in [0.25, 0.3) is 0 Å². The van der Waals surface area contributed by atoms with E-state index in [2.05, 4.69) is 12.6 Å². The number of benzene rings is 1. The number of thiol groups is 1. The van der Waals surface area contributed by atoms with Crippen LogP contribution in [0.4, 0.5) is 0 Å². The zero-order valence-corrected chi connectivity index (χ0v) is 9.13. The monoisotopic (exact) mass is 223 g/mol. The highest BCUT2D eigenvalue weighted by molar-refractivity contribution is 7.80. The number of nitrogens with one attached hydrogen (secondary N) is 1. The molecule has 0 fully saturated rings. The summed E-state index contributed by atoms with van der Waals surface area (Å²) < 4.78 is 0. The van der Waals surface area contributed by atoms with Crippen molar-refractivity contribution >= 4 is 18.5 Å². The fourth-order valence-electron chi connectivity index (χ4n) is 1.98. The van der Waals surface area contributed by atoms with Crippen LogP contribution in [-0.2, 0) is 6.42 Å². The van der Waals surface area contributed by atoms with E-state index in [1.807, 2.05) is 12.1 Å². The van der Waals surface area contributed by atoms with Crippen molar-refractivity contribution in [3.8, 4) is 0 Å². The standard InChI is InChI=1S/C11H13NO2S/c13-11(12-14)8-5-4-7-2-1-3-10(15)9(7)6-8/h4-6,10,14-15H,1-3H2,(H,12,13). The summed E-state index contributed by atoms with van der Waals surface area (Å²) >= 11 is 4.49. The molecule has 0 saturated heterocycles. The van der Waals surface area contributed by atoms with Crippen molar-refractivity contribution in [1.82, 2.24) is 5.48 Å². The first-order valence-electron chi connectivity index (χ1n) is 4.97. The van der Waals surface area contributed by atoms with Gasteiger partial charge in [0.2, 0.25) is 0 Å². The van der Waals surface area contributed by atoms with E-state index >= 15 is 0 Å². The van der Waals surface area contributed by atoms with E-state index in [-0.39, 0.29) is 5.25 Å². The molecule has 1 aromatic carbocycles. The molecule has 0 radical (unpaired) electrons. The Hall–Kier alpha value is -1.00. The molecule has 0 bridgehead atoms. The van der Waals surface area contributed by atoms with E-state index in [0.29, 0.717) is 5.56 Å². The van der Waals surface area contributed by atoms with Crippen LogP contribution in [0.1, 0.15) is 39.6 Å². The molecule has 2 N–H and O–H groups in total. The Balaban J connectivity index is 2.39. The first-order valence-corrected chi connectivity index (χ1v) is 5.49. The predicted molar refractivity (Wildman–Crippen MR) is 60.4 cm³/mol. The van der Waals surface area contributed by atoms with E-state index in [1.54, 1.807) is 11.5 Å². The van der Waals surface area contributed by atoms with Gasteiger partial charge in [0.15, 0.2) is 0 Å². The Morgan fingerprint density at radius 3 is 3.07 bits per heavy atom. The molecule has 0 aromatic heterocycles. The SMILES string of the molecule is O=C(NO)c1ccc2c(c1)C(S)CCC2. The van der Waals surface area contributed by atoms with Gasteiger partial charge in [0.05, 0.1) is 0 Å². The van der Waals surface area contributed by atoms with E-state index < -0.39 is 5.91 Å². The molecule has 1 unspecified atom stereocenters. The minimum atomic E-state index is -0.469. The molecule has 2 rings (SSSR count). The second kappa shape index (κ2) is 4.24. The van der Waals surface area contributed by atoms with E-state index in [4.69, 9.17) is 5.21 Å². The minimum absolute atomic E-state index is 0.209. The maximum Gasteiger partial charge on any atom is 0.274 e. The van der Waals surface area contributed by atoms with Crippen LogP contribution in [0.15, 0.2) is 18.2 Å². The molecule has 1 aromatic rings. The second-order valence-corrected chi connectivity index (χ2v) is 4.39. The Morgan fingerprint density at radius 1 is 1.53 bits per heavy atom. The molecular weight excluding hydrogens is 210 g/mol. The van der Waals surface area contributed by atoms with Gasteiger partial charge < -0.3 is 0 Å². The average molecular weight is 223 g/mol. The average Bonchev–Trinajstić information content (AvgIpc) is 2.28. The summed E-state index contributed by atoms with van der Waals surface area (Å²) in [6.45, 7) is 0. The number of carbonyl (C=O) groups excluding carboxylic acids is 1. The Labute approximate surface area is 93.9 Å². The number of hydrogen-bond donors (Lipinski definition) is 3. The third-order valence-corrected chi connectivity index (χ3v) is 3.33. The summed E-state index contributed by atoms with van der Waals surface area (Å²) in [5.74, 6) is -0.469. The third kappa shape index (κ3) is 2.01. The molecule has 0 aliphatic heterocycles. The van der Waals surface area contributed by atoms with Gasteiger partial charge in [-0.15, -0.1) is 0 Å². The lowest BCUT2D eigenvalue weighted by atomic mass is 9.90. The van der Waals surface area contributed by atoms with E-state index in [1.165, 1.54) is 5.56 Å². The largest absolute Gasteiger partial charge is 0.288 e. The quantitative estimate of drug-likeness (QED) is 0.388. The maximum absolute atomic E-state index is 11.2. The molecular formula is C11H13NO2S.